The van der Waals surface area contributed by atoms with Crippen molar-refractivity contribution in [3.63, 3.8) is 0 Å². The monoisotopic (exact) mass is 244 g/mol. The van der Waals surface area contributed by atoms with Crippen molar-refractivity contribution in [2.45, 2.75) is 44.1 Å². The van der Waals surface area contributed by atoms with E-state index < -0.39 is 30.3 Å². The predicted octanol–water partition coefficient (Wildman–Crippen LogP) is -2.02. The van der Waals surface area contributed by atoms with Crippen LogP contribution in [0.25, 0.3) is 0 Å². The maximum absolute atomic E-state index is 11.4. The molecule has 0 aromatic carbocycles. The lowest BCUT2D eigenvalue weighted by molar-refractivity contribution is -0.157. The summed E-state index contributed by atoms with van der Waals surface area (Å²) in [5.41, 5.74) is 0. The summed E-state index contributed by atoms with van der Waals surface area (Å²) in [6.45, 7) is 1.06. The van der Waals surface area contributed by atoms with Gasteiger partial charge in [-0.1, -0.05) is 0 Å². The molecule has 96 valence electrons. The van der Waals surface area contributed by atoms with Crippen molar-refractivity contribution < 1.29 is 29.3 Å². The van der Waals surface area contributed by atoms with Crippen LogP contribution in [0.2, 0.25) is 0 Å². The van der Waals surface area contributed by atoms with Crippen LogP contribution in [0.4, 0.5) is 0 Å². The Labute approximate surface area is 100 Å². The summed E-state index contributed by atoms with van der Waals surface area (Å²) in [6, 6.07) is -0.488. The molecule has 4 atom stereocenters. The highest BCUT2D eigenvalue weighted by Gasteiger charge is 2.43. The van der Waals surface area contributed by atoms with Crippen molar-refractivity contribution in [2.75, 3.05) is 6.61 Å². The summed E-state index contributed by atoms with van der Waals surface area (Å²) in [5.74, 6) is -0.669. The molecule has 1 heterocycles. The Morgan fingerprint density at radius 1 is 1.41 bits per heavy atom. The first-order valence-electron chi connectivity index (χ1n) is 5.59. The first-order valence-corrected chi connectivity index (χ1v) is 5.59. The van der Waals surface area contributed by atoms with Gasteiger partial charge in [0, 0.05) is 6.42 Å². The number of ether oxygens (including phenoxy) is 2. The average molecular weight is 244 g/mol. The number of hydrogen-bond acceptors (Lipinski definition) is 6. The van der Waals surface area contributed by atoms with Crippen LogP contribution in [-0.4, -0.2) is 60.7 Å². The molecule has 0 radical (unpaired) electrons. The van der Waals surface area contributed by atoms with Crippen LogP contribution in [0.5, 0.6) is 0 Å². The number of Topliss-reactive ketones (excluding diaryl/α,β-unsaturated/α-hetero) is 1. The standard InChI is InChI=1S/C10H17BO6/c1-5(13)2-3-7(14)17-9-6(4-12)16-10(11)8(9)15/h6,8-10,12,15H,2-4,11H2,1H3/t6-,8+,9?,10-/m1/s1. The molecule has 1 unspecified atom stereocenters. The van der Waals surface area contributed by atoms with Crippen molar-refractivity contribution in [1.82, 2.24) is 0 Å². The van der Waals surface area contributed by atoms with Gasteiger partial charge in [-0.05, 0) is 6.92 Å². The van der Waals surface area contributed by atoms with Gasteiger partial charge in [0.25, 0.3) is 0 Å². The summed E-state index contributed by atoms with van der Waals surface area (Å²) in [5, 5.41) is 18.7. The molecule has 1 aliphatic rings. The third kappa shape index (κ3) is 3.80. The van der Waals surface area contributed by atoms with E-state index in [1.54, 1.807) is 7.85 Å². The second kappa shape index (κ2) is 6.14. The van der Waals surface area contributed by atoms with Crippen molar-refractivity contribution >= 4 is 19.6 Å². The van der Waals surface area contributed by atoms with Gasteiger partial charge < -0.3 is 24.5 Å². The molecule has 17 heavy (non-hydrogen) atoms. The maximum Gasteiger partial charge on any atom is 0.306 e. The summed E-state index contributed by atoms with van der Waals surface area (Å²) in [6.07, 6.45) is -2.43. The van der Waals surface area contributed by atoms with Gasteiger partial charge in [0.1, 0.15) is 25.8 Å². The van der Waals surface area contributed by atoms with Crippen LogP contribution in [-0.2, 0) is 19.1 Å². The Bertz CT molecular complexity index is 295. The van der Waals surface area contributed by atoms with E-state index in [-0.39, 0.29) is 25.2 Å². The lowest BCUT2D eigenvalue weighted by atomic mass is 9.93. The highest BCUT2D eigenvalue weighted by molar-refractivity contribution is 6.11. The van der Waals surface area contributed by atoms with Crippen molar-refractivity contribution in [1.29, 1.82) is 0 Å². The summed E-state index contributed by atoms with van der Waals surface area (Å²) in [4.78, 5) is 22.1. The van der Waals surface area contributed by atoms with E-state index >= 15 is 0 Å². The van der Waals surface area contributed by atoms with Gasteiger partial charge in [0.2, 0.25) is 0 Å². The number of esters is 1. The quantitative estimate of drug-likeness (QED) is 0.428. The lowest BCUT2D eigenvalue weighted by Gasteiger charge is -2.19. The van der Waals surface area contributed by atoms with E-state index in [2.05, 4.69) is 0 Å². The topological polar surface area (TPSA) is 93.1 Å². The summed E-state index contributed by atoms with van der Waals surface area (Å²) < 4.78 is 10.2. The van der Waals surface area contributed by atoms with Gasteiger partial charge >= 0.3 is 5.97 Å². The van der Waals surface area contributed by atoms with Gasteiger partial charge in [-0.2, -0.15) is 0 Å². The van der Waals surface area contributed by atoms with E-state index in [1.807, 2.05) is 0 Å². The number of aliphatic hydroxyl groups is 2. The van der Waals surface area contributed by atoms with E-state index in [0.717, 1.165) is 0 Å². The number of carbonyl (C=O) groups is 2. The van der Waals surface area contributed by atoms with Crippen LogP contribution < -0.4 is 0 Å². The first-order chi connectivity index (χ1) is 7.95. The zero-order chi connectivity index (χ0) is 13.0. The van der Waals surface area contributed by atoms with Gasteiger partial charge in [-0.15, -0.1) is 0 Å². The smallest absolute Gasteiger partial charge is 0.306 e. The van der Waals surface area contributed by atoms with Crippen molar-refractivity contribution in [3.05, 3.63) is 0 Å². The molecule has 7 heteroatoms. The Hall–Kier alpha value is -0.915. The van der Waals surface area contributed by atoms with Crippen molar-refractivity contribution in [3.8, 4) is 0 Å². The molecule has 0 aliphatic carbocycles. The molecular weight excluding hydrogens is 227 g/mol. The third-order valence-corrected chi connectivity index (χ3v) is 2.70. The van der Waals surface area contributed by atoms with Gasteiger partial charge in [0.15, 0.2) is 6.10 Å². The Balaban J connectivity index is 2.48. The molecule has 0 amide bonds. The van der Waals surface area contributed by atoms with Crippen LogP contribution in [0, 0.1) is 0 Å². The molecule has 0 spiro atoms. The Morgan fingerprint density at radius 2 is 2.06 bits per heavy atom. The van der Waals surface area contributed by atoms with Crippen LogP contribution >= 0.6 is 0 Å². The molecule has 0 aromatic heterocycles. The van der Waals surface area contributed by atoms with Crippen LogP contribution in [0.1, 0.15) is 19.8 Å². The molecule has 6 nitrogen and oxygen atoms in total. The fraction of sp³-hybridized carbons (Fsp3) is 0.800. The highest BCUT2D eigenvalue weighted by atomic mass is 16.6. The normalized spacial score (nSPS) is 32.4. The average Bonchev–Trinajstić information content (AvgIpc) is 2.54. The number of ketones is 1. The molecule has 0 saturated carbocycles. The molecule has 1 saturated heterocycles. The summed E-state index contributed by atoms with van der Waals surface area (Å²) >= 11 is 0. The number of aliphatic hydroxyl groups excluding tert-OH is 2. The molecule has 0 aromatic rings. The van der Waals surface area contributed by atoms with E-state index in [4.69, 9.17) is 14.6 Å². The minimum atomic E-state index is -0.951. The van der Waals surface area contributed by atoms with Gasteiger partial charge in [-0.25, -0.2) is 0 Å². The minimum Gasteiger partial charge on any atom is -0.457 e. The number of rotatable bonds is 5. The first kappa shape index (κ1) is 14.1. The SMILES string of the molecule is B[C@@H]1O[C@H](CO)C(OC(=O)CCC(C)=O)[C@@H]1O. The van der Waals surface area contributed by atoms with E-state index in [9.17, 15) is 14.7 Å². The predicted molar refractivity (Wildman–Crippen MR) is 60.1 cm³/mol. The molecular formula is C10H17BO6. The number of carbonyl (C=O) groups excluding carboxylic acids is 2. The Morgan fingerprint density at radius 3 is 2.59 bits per heavy atom. The lowest BCUT2D eigenvalue weighted by Crippen LogP contribution is -2.38. The largest absolute Gasteiger partial charge is 0.457 e. The van der Waals surface area contributed by atoms with Gasteiger partial charge in [0.05, 0.1) is 19.0 Å². The number of hydrogen-bond donors (Lipinski definition) is 2. The van der Waals surface area contributed by atoms with Crippen molar-refractivity contribution in [2.24, 2.45) is 0 Å². The minimum absolute atomic E-state index is 0.0227. The Kier molecular flexibility index (Phi) is 5.11. The molecule has 1 fully saturated rings. The zero-order valence-corrected chi connectivity index (χ0v) is 9.96. The highest BCUT2D eigenvalue weighted by Crippen LogP contribution is 2.22. The maximum atomic E-state index is 11.4. The van der Waals surface area contributed by atoms with Crippen LogP contribution in [0.15, 0.2) is 0 Å². The second-order valence-corrected chi connectivity index (χ2v) is 4.21. The molecule has 0 bridgehead atoms. The van der Waals surface area contributed by atoms with E-state index in [1.165, 1.54) is 6.92 Å². The van der Waals surface area contributed by atoms with Gasteiger partial charge in [-0.3, -0.25) is 4.79 Å². The summed E-state index contributed by atoms with van der Waals surface area (Å²) in [7, 11) is 1.64. The second-order valence-electron chi connectivity index (χ2n) is 4.21. The molecule has 2 N–H and O–H groups in total. The molecule has 1 rings (SSSR count). The zero-order valence-electron chi connectivity index (χ0n) is 9.96. The molecule has 1 aliphatic heterocycles. The fourth-order valence-corrected chi connectivity index (χ4v) is 1.70. The van der Waals surface area contributed by atoms with Crippen LogP contribution in [0.3, 0.4) is 0 Å². The van der Waals surface area contributed by atoms with E-state index in [0.29, 0.717) is 0 Å². The fourth-order valence-electron chi connectivity index (χ4n) is 1.70. The third-order valence-electron chi connectivity index (χ3n) is 2.70.